The summed E-state index contributed by atoms with van der Waals surface area (Å²) in [5.74, 6) is 0.549. The van der Waals surface area contributed by atoms with Crippen LogP contribution in [0.3, 0.4) is 0 Å². The fraction of sp³-hybridized carbons (Fsp3) is 0.500. The third-order valence-electron chi connectivity index (χ3n) is 2.54. The van der Waals surface area contributed by atoms with Gasteiger partial charge in [0.05, 0.1) is 12.2 Å². The Kier molecular flexibility index (Phi) is 7.64. The van der Waals surface area contributed by atoms with E-state index >= 15 is 0 Å². The van der Waals surface area contributed by atoms with E-state index in [0.717, 1.165) is 22.0 Å². The van der Waals surface area contributed by atoms with E-state index in [2.05, 4.69) is 51.0 Å². The van der Waals surface area contributed by atoms with Gasteiger partial charge >= 0.3 is 0 Å². The maximum absolute atomic E-state index is 11.9. The molecule has 0 heterocycles. The lowest BCUT2D eigenvalue weighted by Crippen LogP contribution is -2.27. The van der Waals surface area contributed by atoms with Crippen LogP contribution in [0.25, 0.3) is 0 Å². The first kappa shape index (κ1) is 16.7. The van der Waals surface area contributed by atoms with Crippen LogP contribution in [0.5, 0.6) is 0 Å². The maximum Gasteiger partial charge on any atom is 0.252 e. The van der Waals surface area contributed by atoms with Crippen molar-refractivity contribution in [3.63, 3.8) is 0 Å². The van der Waals surface area contributed by atoms with Crippen molar-refractivity contribution < 1.29 is 9.53 Å². The van der Waals surface area contributed by atoms with E-state index in [1.165, 1.54) is 0 Å². The number of benzene rings is 1. The van der Waals surface area contributed by atoms with E-state index in [0.29, 0.717) is 24.6 Å². The lowest BCUT2D eigenvalue weighted by atomic mass is 10.1. The Morgan fingerprint density at radius 2 is 2.05 bits per heavy atom. The number of carbonyl (C=O) groups is 1. The zero-order chi connectivity index (χ0) is 14.3. The molecule has 0 radical (unpaired) electrons. The van der Waals surface area contributed by atoms with Gasteiger partial charge in [-0.25, -0.2) is 0 Å². The fourth-order valence-corrected chi connectivity index (χ4v) is 2.21. The third-order valence-corrected chi connectivity index (χ3v) is 3.73. The standard InChI is InChI=1S/C14H19Br2NO2/c1-10(2)5-7-19-8-6-17-14(18)12-9-11(15)3-4-13(12)16/h3-4,9-10H,5-8H2,1-2H3,(H,17,18). The number of hydrogen-bond acceptors (Lipinski definition) is 2. The highest BCUT2D eigenvalue weighted by Crippen LogP contribution is 2.21. The molecule has 0 saturated carbocycles. The lowest BCUT2D eigenvalue weighted by molar-refractivity contribution is 0.0905. The van der Waals surface area contributed by atoms with Crippen LogP contribution in [-0.2, 0) is 4.74 Å². The van der Waals surface area contributed by atoms with Crippen LogP contribution in [0.15, 0.2) is 27.1 Å². The first-order valence-corrected chi connectivity index (χ1v) is 7.90. The molecule has 0 fully saturated rings. The van der Waals surface area contributed by atoms with Gasteiger partial charge in [0.1, 0.15) is 0 Å². The van der Waals surface area contributed by atoms with Crippen LogP contribution in [0.2, 0.25) is 0 Å². The Hall–Kier alpha value is -0.390. The van der Waals surface area contributed by atoms with Crippen molar-refractivity contribution in [3.05, 3.63) is 32.7 Å². The van der Waals surface area contributed by atoms with Crippen molar-refractivity contribution in [1.82, 2.24) is 5.32 Å². The Labute approximate surface area is 131 Å². The average Bonchev–Trinajstić information content (AvgIpc) is 2.36. The van der Waals surface area contributed by atoms with Gasteiger partial charge in [-0.1, -0.05) is 29.8 Å². The van der Waals surface area contributed by atoms with Gasteiger partial charge in [0.25, 0.3) is 5.91 Å². The number of amides is 1. The summed E-state index contributed by atoms with van der Waals surface area (Å²) < 4.78 is 7.12. The molecule has 106 valence electrons. The highest BCUT2D eigenvalue weighted by atomic mass is 79.9. The van der Waals surface area contributed by atoms with Crippen LogP contribution in [-0.4, -0.2) is 25.7 Å². The molecule has 0 aliphatic rings. The van der Waals surface area contributed by atoms with Crippen molar-refractivity contribution in [2.24, 2.45) is 5.92 Å². The molecule has 0 saturated heterocycles. The van der Waals surface area contributed by atoms with Gasteiger partial charge in [0.15, 0.2) is 0 Å². The quantitative estimate of drug-likeness (QED) is 0.712. The van der Waals surface area contributed by atoms with Crippen LogP contribution >= 0.6 is 31.9 Å². The molecule has 1 amide bonds. The van der Waals surface area contributed by atoms with Gasteiger partial charge in [0.2, 0.25) is 0 Å². The summed E-state index contributed by atoms with van der Waals surface area (Å²) in [6.07, 6.45) is 1.05. The molecule has 0 unspecified atom stereocenters. The smallest absolute Gasteiger partial charge is 0.252 e. The van der Waals surface area contributed by atoms with Crippen LogP contribution in [0, 0.1) is 5.92 Å². The maximum atomic E-state index is 11.9. The highest BCUT2D eigenvalue weighted by Gasteiger charge is 2.09. The molecule has 5 heteroatoms. The highest BCUT2D eigenvalue weighted by molar-refractivity contribution is 9.11. The predicted molar refractivity (Wildman–Crippen MR) is 84.4 cm³/mol. The summed E-state index contributed by atoms with van der Waals surface area (Å²) in [7, 11) is 0. The molecule has 0 atom stereocenters. The summed E-state index contributed by atoms with van der Waals surface area (Å²) in [5, 5.41) is 2.84. The summed E-state index contributed by atoms with van der Waals surface area (Å²) in [6.45, 7) is 6.14. The van der Waals surface area contributed by atoms with Gasteiger partial charge in [-0.3, -0.25) is 4.79 Å². The van der Waals surface area contributed by atoms with Gasteiger partial charge in [-0.05, 0) is 46.5 Å². The van der Waals surface area contributed by atoms with E-state index in [9.17, 15) is 4.79 Å². The summed E-state index contributed by atoms with van der Waals surface area (Å²) in [5.41, 5.74) is 0.622. The van der Waals surface area contributed by atoms with Gasteiger partial charge in [0, 0.05) is 22.1 Å². The predicted octanol–water partition coefficient (Wildman–Crippen LogP) is 4.00. The van der Waals surface area contributed by atoms with Crippen LogP contribution in [0.4, 0.5) is 0 Å². The Bertz CT molecular complexity index is 422. The second-order valence-electron chi connectivity index (χ2n) is 4.67. The monoisotopic (exact) mass is 391 g/mol. The molecule has 0 aliphatic heterocycles. The SMILES string of the molecule is CC(C)CCOCCNC(=O)c1cc(Br)ccc1Br. The van der Waals surface area contributed by atoms with Gasteiger partial charge in [-0.2, -0.15) is 0 Å². The van der Waals surface area contributed by atoms with Crippen LogP contribution < -0.4 is 5.32 Å². The minimum Gasteiger partial charge on any atom is -0.380 e. The van der Waals surface area contributed by atoms with E-state index in [1.807, 2.05) is 12.1 Å². The molecule has 19 heavy (non-hydrogen) atoms. The normalized spacial score (nSPS) is 10.8. The summed E-state index contributed by atoms with van der Waals surface area (Å²) in [4.78, 5) is 11.9. The Morgan fingerprint density at radius 1 is 1.32 bits per heavy atom. The van der Waals surface area contributed by atoms with Gasteiger partial charge in [-0.15, -0.1) is 0 Å². The number of hydrogen-bond donors (Lipinski definition) is 1. The van der Waals surface area contributed by atoms with Crippen molar-refractivity contribution >= 4 is 37.8 Å². The molecule has 3 nitrogen and oxygen atoms in total. The lowest BCUT2D eigenvalue weighted by Gasteiger charge is -2.09. The first-order chi connectivity index (χ1) is 9.00. The number of carbonyl (C=O) groups excluding carboxylic acids is 1. The van der Waals surface area contributed by atoms with Crippen molar-refractivity contribution in [1.29, 1.82) is 0 Å². The third kappa shape index (κ3) is 6.54. The average molecular weight is 393 g/mol. The largest absolute Gasteiger partial charge is 0.380 e. The first-order valence-electron chi connectivity index (χ1n) is 6.31. The summed E-state index contributed by atoms with van der Waals surface area (Å²) in [6, 6.07) is 5.52. The Morgan fingerprint density at radius 3 is 2.74 bits per heavy atom. The minimum absolute atomic E-state index is 0.0966. The molecule has 1 N–H and O–H groups in total. The van der Waals surface area contributed by atoms with E-state index in [-0.39, 0.29) is 5.91 Å². The van der Waals surface area contributed by atoms with Crippen LogP contribution in [0.1, 0.15) is 30.6 Å². The molecule has 1 aromatic rings. The van der Waals surface area contributed by atoms with E-state index in [4.69, 9.17) is 4.74 Å². The van der Waals surface area contributed by atoms with Crippen molar-refractivity contribution in [3.8, 4) is 0 Å². The van der Waals surface area contributed by atoms with Crippen molar-refractivity contribution in [2.75, 3.05) is 19.8 Å². The van der Waals surface area contributed by atoms with Gasteiger partial charge < -0.3 is 10.1 Å². The molecular weight excluding hydrogens is 374 g/mol. The molecule has 0 bridgehead atoms. The zero-order valence-corrected chi connectivity index (χ0v) is 14.4. The topological polar surface area (TPSA) is 38.3 Å². The minimum atomic E-state index is -0.0966. The van der Waals surface area contributed by atoms with E-state index < -0.39 is 0 Å². The molecule has 0 aliphatic carbocycles. The number of ether oxygens (including phenoxy) is 1. The number of nitrogens with one attached hydrogen (secondary N) is 1. The van der Waals surface area contributed by atoms with E-state index in [1.54, 1.807) is 6.07 Å². The molecular formula is C14H19Br2NO2. The van der Waals surface area contributed by atoms with Crippen molar-refractivity contribution in [2.45, 2.75) is 20.3 Å². The molecule has 0 aromatic heterocycles. The number of rotatable bonds is 7. The molecule has 1 rings (SSSR count). The fourth-order valence-electron chi connectivity index (χ4n) is 1.42. The molecule has 0 spiro atoms. The number of halogens is 2. The zero-order valence-electron chi connectivity index (χ0n) is 11.2. The molecule has 1 aromatic carbocycles. The second-order valence-corrected chi connectivity index (χ2v) is 6.44. The second kappa shape index (κ2) is 8.72. The summed E-state index contributed by atoms with van der Waals surface area (Å²) >= 11 is 6.72. The Balaban J connectivity index is 2.29.